The predicted molar refractivity (Wildman–Crippen MR) is 80.7 cm³/mol. The summed E-state index contributed by atoms with van der Waals surface area (Å²) in [7, 11) is 0. The fourth-order valence-corrected chi connectivity index (χ4v) is 2.68. The van der Waals surface area contributed by atoms with Crippen LogP contribution in [0.4, 0.5) is 5.95 Å². The van der Waals surface area contributed by atoms with Gasteiger partial charge in [-0.1, -0.05) is 26.7 Å². The van der Waals surface area contributed by atoms with Gasteiger partial charge in [0.15, 0.2) is 0 Å². The summed E-state index contributed by atoms with van der Waals surface area (Å²) in [5, 5.41) is 12.6. The van der Waals surface area contributed by atoms with Crippen LogP contribution in [-0.4, -0.2) is 40.3 Å². The third kappa shape index (κ3) is 4.15. The molecule has 5 nitrogen and oxygen atoms in total. The number of anilines is 1. The zero-order valence-corrected chi connectivity index (χ0v) is 12.5. The van der Waals surface area contributed by atoms with E-state index in [0.29, 0.717) is 18.6 Å². The smallest absolute Gasteiger partial charge is 0.225 e. The summed E-state index contributed by atoms with van der Waals surface area (Å²) >= 11 is 0. The van der Waals surface area contributed by atoms with E-state index in [1.807, 2.05) is 12.4 Å². The molecule has 1 aromatic rings. The lowest BCUT2D eigenvalue weighted by molar-refractivity contribution is 0.296. The van der Waals surface area contributed by atoms with E-state index in [2.05, 4.69) is 34.0 Å². The Morgan fingerprint density at radius 1 is 1.30 bits per heavy atom. The van der Waals surface area contributed by atoms with Gasteiger partial charge in [-0.15, -0.1) is 0 Å². The second-order valence-electron chi connectivity index (χ2n) is 5.78. The second kappa shape index (κ2) is 7.55. The highest BCUT2D eigenvalue weighted by molar-refractivity contribution is 5.32. The van der Waals surface area contributed by atoms with Crippen molar-refractivity contribution >= 4 is 5.95 Å². The molecular formula is C15H26N4O. The summed E-state index contributed by atoms with van der Waals surface area (Å²) < 4.78 is 0. The van der Waals surface area contributed by atoms with Crippen LogP contribution >= 0.6 is 0 Å². The van der Waals surface area contributed by atoms with E-state index < -0.39 is 0 Å². The van der Waals surface area contributed by atoms with Gasteiger partial charge < -0.3 is 15.3 Å². The molecule has 5 heteroatoms. The highest BCUT2D eigenvalue weighted by atomic mass is 16.3. The predicted octanol–water partition coefficient (Wildman–Crippen LogP) is 1.72. The Bertz CT molecular complexity index is 387. The number of hydrogen-bond donors (Lipinski definition) is 2. The zero-order chi connectivity index (χ0) is 14.4. The number of hydrogen-bond acceptors (Lipinski definition) is 5. The monoisotopic (exact) mass is 278 g/mol. The first-order valence-corrected chi connectivity index (χ1v) is 7.62. The third-order valence-electron chi connectivity index (χ3n) is 3.77. The SMILES string of the molecule is CC(C)NCc1cnc(N(CCO)C2CCCC2)nc1. The summed E-state index contributed by atoms with van der Waals surface area (Å²) in [5.41, 5.74) is 1.10. The van der Waals surface area contributed by atoms with Gasteiger partial charge in [0.25, 0.3) is 0 Å². The van der Waals surface area contributed by atoms with Crippen LogP contribution in [-0.2, 0) is 6.54 Å². The minimum atomic E-state index is 0.149. The van der Waals surface area contributed by atoms with Crippen molar-refractivity contribution in [1.82, 2.24) is 15.3 Å². The lowest BCUT2D eigenvalue weighted by Crippen LogP contribution is -2.37. The molecule has 0 radical (unpaired) electrons. The largest absolute Gasteiger partial charge is 0.395 e. The number of nitrogens with one attached hydrogen (secondary N) is 1. The highest BCUT2D eigenvalue weighted by Crippen LogP contribution is 2.25. The molecule has 1 aliphatic rings. The molecule has 2 N–H and O–H groups in total. The van der Waals surface area contributed by atoms with Gasteiger partial charge in [0.05, 0.1) is 6.61 Å². The van der Waals surface area contributed by atoms with Crippen molar-refractivity contribution < 1.29 is 5.11 Å². The first kappa shape index (κ1) is 15.2. The van der Waals surface area contributed by atoms with Crippen LogP contribution < -0.4 is 10.2 Å². The third-order valence-corrected chi connectivity index (χ3v) is 3.77. The van der Waals surface area contributed by atoms with E-state index in [1.165, 1.54) is 25.7 Å². The Hall–Kier alpha value is -1.20. The van der Waals surface area contributed by atoms with Crippen molar-refractivity contribution in [3.8, 4) is 0 Å². The van der Waals surface area contributed by atoms with E-state index in [9.17, 15) is 5.11 Å². The van der Waals surface area contributed by atoms with E-state index in [4.69, 9.17) is 0 Å². The van der Waals surface area contributed by atoms with Gasteiger partial charge >= 0.3 is 0 Å². The van der Waals surface area contributed by atoms with Gasteiger partial charge in [-0.05, 0) is 12.8 Å². The van der Waals surface area contributed by atoms with Crippen LogP contribution in [0.2, 0.25) is 0 Å². The number of aromatic nitrogens is 2. The first-order valence-electron chi connectivity index (χ1n) is 7.62. The van der Waals surface area contributed by atoms with Crippen LogP contribution in [0.5, 0.6) is 0 Å². The number of rotatable bonds is 7. The Kier molecular flexibility index (Phi) is 5.73. The lowest BCUT2D eigenvalue weighted by atomic mass is 10.2. The van der Waals surface area contributed by atoms with E-state index in [0.717, 1.165) is 18.1 Å². The summed E-state index contributed by atoms with van der Waals surface area (Å²) in [4.78, 5) is 11.1. The molecule has 0 spiro atoms. The first-order chi connectivity index (χ1) is 9.70. The molecule has 1 fully saturated rings. The van der Waals surface area contributed by atoms with Crippen molar-refractivity contribution in [3.63, 3.8) is 0 Å². The average molecular weight is 278 g/mol. The van der Waals surface area contributed by atoms with E-state index in [-0.39, 0.29) is 6.61 Å². The van der Waals surface area contributed by atoms with Crippen molar-refractivity contribution in [1.29, 1.82) is 0 Å². The lowest BCUT2D eigenvalue weighted by Gasteiger charge is -2.28. The topological polar surface area (TPSA) is 61.3 Å². The van der Waals surface area contributed by atoms with Gasteiger partial charge in [-0.2, -0.15) is 0 Å². The maximum Gasteiger partial charge on any atom is 0.225 e. The molecule has 112 valence electrons. The minimum Gasteiger partial charge on any atom is -0.395 e. The van der Waals surface area contributed by atoms with E-state index in [1.54, 1.807) is 0 Å². The van der Waals surface area contributed by atoms with Crippen LogP contribution in [0.15, 0.2) is 12.4 Å². The van der Waals surface area contributed by atoms with Crippen LogP contribution in [0.25, 0.3) is 0 Å². The molecule has 1 saturated carbocycles. The second-order valence-corrected chi connectivity index (χ2v) is 5.78. The van der Waals surface area contributed by atoms with Crippen molar-refractivity contribution in [2.45, 2.75) is 58.2 Å². The molecule has 0 amide bonds. The summed E-state index contributed by atoms with van der Waals surface area (Å²) in [6.45, 7) is 5.81. The molecule has 0 saturated heterocycles. The zero-order valence-electron chi connectivity index (χ0n) is 12.5. The molecule has 0 atom stereocenters. The fourth-order valence-electron chi connectivity index (χ4n) is 2.68. The fraction of sp³-hybridized carbons (Fsp3) is 0.733. The normalized spacial score (nSPS) is 16.0. The molecule has 0 aliphatic heterocycles. The molecule has 1 heterocycles. The highest BCUT2D eigenvalue weighted by Gasteiger charge is 2.24. The van der Waals surface area contributed by atoms with Gasteiger partial charge in [-0.3, -0.25) is 0 Å². The minimum absolute atomic E-state index is 0.149. The quantitative estimate of drug-likeness (QED) is 0.795. The Morgan fingerprint density at radius 2 is 1.95 bits per heavy atom. The van der Waals surface area contributed by atoms with Gasteiger partial charge in [0, 0.05) is 43.1 Å². The molecular weight excluding hydrogens is 252 g/mol. The molecule has 0 aromatic carbocycles. The molecule has 20 heavy (non-hydrogen) atoms. The van der Waals surface area contributed by atoms with Crippen LogP contribution in [0, 0.1) is 0 Å². The van der Waals surface area contributed by atoms with Crippen molar-refractivity contribution in [2.24, 2.45) is 0 Å². The molecule has 1 aliphatic carbocycles. The summed E-state index contributed by atoms with van der Waals surface area (Å²) in [5.74, 6) is 0.749. The number of aliphatic hydroxyl groups excluding tert-OH is 1. The Morgan fingerprint density at radius 3 is 2.50 bits per heavy atom. The molecule has 0 unspecified atom stereocenters. The standard InChI is InChI=1S/C15H26N4O/c1-12(2)16-9-13-10-17-15(18-11-13)19(7-8-20)14-5-3-4-6-14/h10-12,14,16,20H,3-9H2,1-2H3. The van der Waals surface area contributed by atoms with Crippen LogP contribution in [0.1, 0.15) is 45.1 Å². The number of nitrogens with zero attached hydrogens (tertiary/aromatic N) is 3. The maximum absolute atomic E-state index is 9.25. The number of aliphatic hydroxyl groups is 1. The molecule has 0 bridgehead atoms. The van der Waals surface area contributed by atoms with Gasteiger partial charge in [0.2, 0.25) is 5.95 Å². The van der Waals surface area contributed by atoms with E-state index >= 15 is 0 Å². The molecule has 2 rings (SSSR count). The van der Waals surface area contributed by atoms with Crippen molar-refractivity contribution in [3.05, 3.63) is 18.0 Å². The van der Waals surface area contributed by atoms with Crippen LogP contribution in [0.3, 0.4) is 0 Å². The van der Waals surface area contributed by atoms with Gasteiger partial charge in [-0.25, -0.2) is 9.97 Å². The Labute approximate surface area is 121 Å². The Balaban J connectivity index is 2.01. The summed E-state index contributed by atoms with van der Waals surface area (Å²) in [6, 6.07) is 0.945. The molecule has 1 aromatic heterocycles. The summed E-state index contributed by atoms with van der Waals surface area (Å²) in [6.07, 6.45) is 8.67. The van der Waals surface area contributed by atoms with Crippen molar-refractivity contribution in [2.75, 3.05) is 18.1 Å². The average Bonchev–Trinajstić information content (AvgIpc) is 2.97. The maximum atomic E-state index is 9.25. The van der Waals surface area contributed by atoms with Gasteiger partial charge in [0.1, 0.15) is 0 Å².